The molecule has 2 aliphatic rings. The third kappa shape index (κ3) is 4.24. The van der Waals surface area contributed by atoms with Gasteiger partial charge >= 0.3 is 0 Å². The van der Waals surface area contributed by atoms with Crippen LogP contribution in [0.5, 0.6) is 0 Å². The van der Waals surface area contributed by atoms with Crippen molar-refractivity contribution in [2.45, 2.75) is 51.4 Å². The fourth-order valence-electron chi connectivity index (χ4n) is 4.21. The van der Waals surface area contributed by atoms with E-state index in [9.17, 15) is 0 Å². The molecule has 1 saturated heterocycles. The molecule has 0 atom stereocenters. The lowest BCUT2D eigenvalue weighted by atomic mass is 9.98. The van der Waals surface area contributed by atoms with Crippen LogP contribution in [0.3, 0.4) is 0 Å². The van der Waals surface area contributed by atoms with Crippen LogP contribution in [0, 0.1) is 0 Å². The van der Waals surface area contributed by atoms with Gasteiger partial charge in [-0.05, 0) is 42.4 Å². The van der Waals surface area contributed by atoms with Crippen molar-refractivity contribution >= 4 is 17.5 Å². The molecule has 1 aliphatic carbocycles. The summed E-state index contributed by atoms with van der Waals surface area (Å²) in [6, 6.07) is 8.85. The third-order valence-corrected chi connectivity index (χ3v) is 5.83. The van der Waals surface area contributed by atoms with E-state index in [0.29, 0.717) is 11.9 Å². The first-order valence-electron chi connectivity index (χ1n) is 10.4. The maximum absolute atomic E-state index is 4.89. The highest BCUT2D eigenvalue weighted by molar-refractivity contribution is 5.58. The van der Waals surface area contributed by atoms with E-state index in [2.05, 4.69) is 58.6 Å². The van der Waals surface area contributed by atoms with Crippen molar-refractivity contribution in [1.82, 2.24) is 15.3 Å². The number of benzene rings is 1. The smallest absolute Gasteiger partial charge is 0.229 e. The molecule has 5 heteroatoms. The Kier molecular flexibility index (Phi) is 5.58. The van der Waals surface area contributed by atoms with Crippen molar-refractivity contribution in [2.75, 3.05) is 36.4 Å². The van der Waals surface area contributed by atoms with Gasteiger partial charge in [0.1, 0.15) is 5.82 Å². The molecule has 4 rings (SSSR count). The van der Waals surface area contributed by atoms with Gasteiger partial charge in [-0.15, -0.1) is 0 Å². The van der Waals surface area contributed by atoms with Crippen molar-refractivity contribution in [3.05, 3.63) is 41.6 Å². The number of nitrogens with one attached hydrogen (secondary N) is 2. The topological polar surface area (TPSA) is 53.1 Å². The number of piperazine rings is 1. The predicted molar refractivity (Wildman–Crippen MR) is 112 cm³/mol. The minimum Gasteiger partial charge on any atom is -0.354 e. The maximum Gasteiger partial charge on any atom is 0.229 e. The molecule has 1 aliphatic heterocycles. The molecule has 144 valence electrons. The number of nitrogens with zero attached hydrogens (tertiary/aromatic N) is 3. The Morgan fingerprint density at radius 2 is 1.78 bits per heavy atom. The second-order valence-corrected chi connectivity index (χ2v) is 8.09. The summed E-state index contributed by atoms with van der Waals surface area (Å²) in [5.74, 6) is 2.92. The van der Waals surface area contributed by atoms with Crippen molar-refractivity contribution in [2.24, 2.45) is 0 Å². The molecule has 0 spiro atoms. The Hall–Kier alpha value is -2.14. The van der Waals surface area contributed by atoms with Crippen molar-refractivity contribution < 1.29 is 0 Å². The maximum atomic E-state index is 4.89. The van der Waals surface area contributed by atoms with E-state index >= 15 is 0 Å². The van der Waals surface area contributed by atoms with E-state index in [-0.39, 0.29) is 0 Å². The van der Waals surface area contributed by atoms with Gasteiger partial charge in [0.25, 0.3) is 0 Å². The molecule has 1 aromatic heterocycles. The lowest BCUT2D eigenvalue weighted by Gasteiger charge is -2.30. The standard InChI is InChI=1S/C22H31N5/c1-16(2)20-15-24-22(26-21(20)27-13-11-23-12-14-27)25-19-9-7-18(8-10-19)17-5-3-4-6-17/h7-10,15-17,23H,3-6,11-14H2,1-2H3,(H,24,25,26). The Morgan fingerprint density at radius 3 is 2.44 bits per heavy atom. The summed E-state index contributed by atoms with van der Waals surface area (Å²) in [5, 5.41) is 6.82. The molecule has 27 heavy (non-hydrogen) atoms. The number of hydrogen-bond donors (Lipinski definition) is 2. The quantitative estimate of drug-likeness (QED) is 0.822. The van der Waals surface area contributed by atoms with E-state index in [1.165, 1.54) is 36.8 Å². The zero-order valence-corrected chi connectivity index (χ0v) is 16.5. The van der Waals surface area contributed by atoms with Gasteiger partial charge in [0, 0.05) is 43.6 Å². The average molecular weight is 366 g/mol. The minimum atomic E-state index is 0.412. The van der Waals surface area contributed by atoms with Gasteiger partial charge in [-0.1, -0.05) is 38.8 Å². The van der Waals surface area contributed by atoms with Gasteiger partial charge < -0.3 is 15.5 Å². The second-order valence-electron chi connectivity index (χ2n) is 8.09. The highest BCUT2D eigenvalue weighted by Gasteiger charge is 2.19. The molecule has 0 bridgehead atoms. The Labute approximate surface area is 162 Å². The van der Waals surface area contributed by atoms with E-state index in [0.717, 1.165) is 43.6 Å². The van der Waals surface area contributed by atoms with Gasteiger partial charge in [-0.25, -0.2) is 4.98 Å². The molecule has 2 N–H and O–H groups in total. The first kappa shape index (κ1) is 18.2. The second kappa shape index (κ2) is 8.26. The summed E-state index contributed by atoms with van der Waals surface area (Å²) >= 11 is 0. The van der Waals surface area contributed by atoms with Crippen LogP contribution in [-0.4, -0.2) is 36.1 Å². The molecular formula is C22H31N5. The van der Waals surface area contributed by atoms with Crippen LogP contribution in [0.1, 0.15) is 62.5 Å². The summed E-state index contributed by atoms with van der Waals surface area (Å²) in [4.78, 5) is 11.9. The molecular weight excluding hydrogens is 334 g/mol. The SMILES string of the molecule is CC(C)c1cnc(Nc2ccc(C3CCCC3)cc2)nc1N1CCNCC1. The number of hydrogen-bond acceptors (Lipinski definition) is 5. The van der Waals surface area contributed by atoms with Crippen molar-refractivity contribution in [1.29, 1.82) is 0 Å². The zero-order chi connectivity index (χ0) is 18.6. The Bertz CT molecular complexity index is 744. The van der Waals surface area contributed by atoms with Crippen LogP contribution < -0.4 is 15.5 Å². The largest absolute Gasteiger partial charge is 0.354 e. The minimum absolute atomic E-state index is 0.412. The van der Waals surface area contributed by atoms with Crippen LogP contribution in [0.15, 0.2) is 30.5 Å². The molecule has 2 heterocycles. The van der Waals surface area contributed by atoms with E-state index in [1.54, 1.807) is 0 Å². The lowest BCUT2D eigenvalue weighted by molar-refractivity contribution is 0.581. The van der Waals surface area contributed by atoms with Crippen LogP contribution in [0.25, 0.3) is 0 Å². The lowest BCUT2D eigenvalue weighted by Crippen LogP contribution is -2.44. The van der Waals surface area contributed by atoms with Crippen LogP contribution >= 0.6 is 0 Å². The van der Waals surface area contributed by atoms with Crippen LogP contribution in [0.4, 0.5) is 17.5 Å². The molecule has 5 nitrogen and oxygen atoms in total. The number of aromatic nitrogens is 2. The van der Waals surface area contributed by atoms with Crippen LogP contribution in [0.2, 0.25) is 0 Å². The van der Waals surface area contributed by atoms with Crippen molar-refractivity contribution in [3.8, 4) is 0 Å². The van der Waals surface area contributed by atoms with E-state index < -0.39 is 0 Å². The van der Waals surface area contributed by atoms with Gasteiger partial charge in [-0.2, -0.15) is 4.98 Å². The summed E-state index contributed by atoms with van der Waals surface area (Å²) in [7, 11) is 0. The van der Waals surface area contributed by atoms with Gasteiger partial charge in [-0.3, -0.25) is 0 Å². The first-order chi connectivity index (χ1) is 13.2. The normalized spacial score (nSPS) is 18.3. The van der Waals surface area contributed by atoms with Gasteiger partial charge in [0.05, 0.1) is 0 Å². The predicted octanol–water partition coefficient (Wildman–Crippen LogP) is 4.41. The molecule has 0 unspecified atom stereocenters. The molecule has 2 fully saturated rings. The Balaban J connectivity index is 1.52. The van der Waals surface area contributed by atoms with E-state index in [4.69, 9.17) is 4.98 Å². The Morgan fingerprint density at radius 1 is 1.07 bits per heavy atom. The fourth-order valence-corrected chi connectivity index (χ4v) is 4.21. The number of anilines is 3. The highest BCUT2D eigenvalue weighted by atomic mass is 15.3. The highest BCUT2D eigenvalue weighted by Crippen LogP contribution is 2.34. The zero-order valence-electron chi connectivity index (χ0n) is 16.5. The molecule has 2 aromatic rings. The van der Waals surface area contributed by atoms with Crippen LogP contribution in [-0.2, 0) is 0 Å². The van der Waals surface area contributed by atoms with Gasteiger partial charge in [0.15, 0.2) is 0 Å². The van der Waals surface area contributed by atoms with Crippen molar-refractivity contribution in [3.63, 3.8) is 0 Å². The molecule has 0 amide bonds. The molecule has 1 aromatic carbocycles. The molecule has 1 saturated carbocycles. The van der Waals surface area contributed by atoms with E-state index in [1.807, 2.05) is 6.20 Å². The first-order valence-corrected chi connectivity index (χ1v) is 10.4. The molecule has 0 radical (unpaired) electrons. The monoisotopic (exact) mass is 365 g/mol. The summed E-state index contributed by atoms with van der Waals surface area (Å²) < 4.78 is 0. The average Bonchev–Trinajstić information content (AvgIpc) is 3.24. The summed E-state index contributed by atoms with van der Waals surface area (Å²) in [5.41, 5.74) is 3.75. The number of rotatable bonds is 5. The summed E-state index contributed by atoms with van der Waals surface area (Å²) in [6.45, 7) is 8.41. The van der Waals surface area contributed by atoms with Gasteiger partial charge in [0.2, 0.25) is 5.95 Å². The third-order valence-electron chi connectivity index (χ3n) is 5.83. The summed E-state index contributed by atoms with van der Waals surface area (Å²) in [6.07, 6.45) is 7.40. The fraction of sp³-hybridized carbons (Fsp3) is 0.545.